The van der Waals surface area contributed by atoms with Gasteiger partial charge in [0.05, 0.1) is 0 Å². The van der Waals surface area contributed by atoms with Gasteiger partial charge in [-0.2, -0.15) is 0 Å². The number of aryl methyl sites for hydroxylation is 2. The molecule has 0 saturated heterocycles. The molecule has 3 nitrogen and oxygen atoms in total. The first kappa shape index (κ1) is 15.4. The minimum Gasteiger partial charge on any atom is -0.481 e. The van der Waals surface area contributed by atoms with Crippen molar-refractivity contribution in [2.24, 2.45) is 0 Å². The molecular weight excluding hydrogens is 286 g/mol. The summed E-state index contributed by atoms with van der Waals surface area (Å²) in [5.74, 6) is 0.380. The van der Waals surface area contributed by atoms with E-state index in [1.807, 2.05) is 26.0 Å². The molecule has 0 aliphatic carbocycles. The first-order chi connectivity index (χ1) is 9.94. The third-order valence-electron chi connectivity index (χ3n) is 2.97. The summed E-state index contributed by atoms with van der Waals surface area (Å²) in [4.78, 5) is 12.2. The molecule has 110 valence electrons. The fraction of sp³-hybridized carbons (Fsp3) is 0.235. The molecule has 0 aliphatic heterocycles. The van der Waals surface area contributed by atoms with Crippen LogP contribution in [0.4, 0.5) is 5.69 Å². The highest BCUT2D eigenvalue weighted by molar-refractivity contribution is 6.30. The van der Waals surface area contributed by atoms with E-state index in [-0.39, 0.29) is 5.91 Å². The molecule has 0 heterocycles. The van der Waals surface area contributed by atoms with Crippen LogP contribution in [-0.4, -0.2) is 12.0 Å². The molecule has 0 fully saturated rings. The van der Waals surface area contributed by atoms with E-state index in [0.29, 0.717) is 10.8 Å². The lowest BCUT2D eigenvalue weighted by Crippen LogP contribution is -2.30. The molecular formula is C17H18ClNO2. The molecule has 0 bridgehead atoms. The highest BCUT2D eigenvalue weighted by atomic mass is 35.5. The van der Waals surface area contributed by atoms with Gasteiger partial charge in [-0.1, -0.05) is 23.7 Å². The van der Waals surface area contributed by atoms with Crippen molar-refractivity contribution in [2.45, 2.75) is 26.9 Å². The molecule has 2 aromatic rings. The van der Waals surface area contributed by atoms with E-state index in [2.05, 4.69) is 11.4 Å². The summed E-state index contributed by atoms with van der Waals surface area (Å²) < 4.78 is 5.59. The Labute approximate surface area is 129 Å². The summed E-state index contributed by atoms with van der Waals surface area (Å²) in [5.41, 5.74) is 2.99. The summed E-state index contributed by atoms with van der Waals surface area (Å²) >= 11 is 5.89. The Kier molecular flexibility index (Phi) is 4.86. The topological polar surface area (TPSA) is 38.3 Å². The van der Waals surface area contributed by atoms with Gasteiger partial charge < -0.3 is 10.1 Å². The monoisotopic (exact) mass is 303 g/mol. The molecule has 1 atom stereocenters. The van der Waals surface area contributed by atoms with E-state index in [1.165, 1.54) is 0 Å². The first-order valence-corrected chi connectivity index (χ1v) is 7.13. The van der Waals surface area contributed by atoms with E-state index < -0.39 is 6.10 Å². The van der Waals surface area contributed by atoms with Crippen LogP contribution in [-0.2, 0) is 4.79 Å². The predicted octanol–water partition coefficient (Wildman–Crippen LogP) is 4.36. The van der Waals surface area contributed by atoms with E-state index >= 15 is 0 Å². The number of halogens is 1. The van der Waals surface area contributed by atoms with Gasteiger partial charge in [-0.15, -0.1) is 0 Å². The lowest BCUT2D eigenvalue weighted by atomic mass is 10.1. The fourth-order valence-electron chi connectivity index (χ4n) is 2.09. The van der Waals surface area contributed by atoms with E-state index in [0.717, 1.165) is 16.8 Å². The Balaban J connectivity index is 2.02. The van der Waals surface area contributed by atoms with Gasteiger partial charge in [-0.25, -0.2) is 0 Å². The predicted molar refractivity (Wildman–Crippen MR) is 86.1 cm³/mol. The maximum Gasteiger partial charge on any atom is 0.265 e. The Morgan fingerprint density at radius 2 is 1.81 bits per heavy atom. The molecule has 2 aromatic carbocycles. The summed E-state index contributed by atoms with van der Waals surface area (Å²) in [6.07, 6.45) is -0.607. The van der Waals surface area contributed by atoms with Crippen LogP contribution in [0.5, 0.6) is 5.75 Å². The van der Waals surface area contributed by atoms with E-state index in [4.69, 9.17) is 16.3 Å². The zero-order valence-electron chi connectivity index (χ0n) is 12.3. The van der Waals surface area contributed by atoms with Gasteiger partial charge in [-0.05, 0) is 62.2 Å². The summed E-state index contributed by atoms with van der Waals surface area (Å²) in [7, 11) is 0. The fourth-order valence-corrected chi connectivity index (χ4v) is 2.27. The average molecular weight is 304 g/mol. The van der Waals surface area contributed by atoms with Crippen molar-refractivity contribution in [1.82, 2.24) is 0 Å². The van der Waals surface area contributed by atoms with E-state index in [1.54, 1.807) is 31.2 Å². The van der Waals surface area contributed by atoms with Crippen molar-refractivity contribution in [2.75, 3.05) is 5.32 Å². The summed E-state index contributed by atoms with van der Waals surface area (Å²) in [5, 5.41) is 3.44. The van der Waals surface area contributed by atoms with Crippen LogP contribution in [0.25, 0.3) is 0 Å². The largest absolute Gasteiger partial charge is 0.481 e. The van der Waals surface area contributed by atoms with Crippen LogP contribution in [0.1, 0.15) is 18.1 Å². The molecule has 0 saturated carbocycles. The van der Waals surface area contributed by atoms with Crippen molar-refractivity contribution in [1.29, 1.82) is 0 Å². The standard InChI is InChI=1S/C17H18ClNO2/c1-11-7-12(2)9-15(8-11)19-17(20)13(3)21-16-6-4-5-14(18)10-16/h4-10,13H,1-3H3,(H,19,20)/t13-/m0/s1. The van der Waals surface area contributed by atoms with Crippen molar-refractivity contribution < 1.29 is 9.53 Å². The van der Waals surface area contributed by atoms with Gasteiger partial charge in [0.15, 0.2) is 6.10 Å². The van der Waals surface area contributed by atoms with E-state index in [9.17, 15) is 4.79 Å². The van der Waals surface area contributed by atoms with Crippen molar-refractivity contribution in [3.8, 4) is 5.75 Å². The molecule has 2 rings (SSSR count). The SMILES string of the molecule is Cc1cc(C)cc(NC(=O)[C@H](C)Oc2cccc(Cl)c2)c1. The van der Waals surface area contributed by atoms with Gasteiger partial charge in [0.1, 0.15) is 5.75 Å². The van der Waals surface area contributed by atoms with Crippen LogP contribution in [0.3, 0.4) is 0 Å². The zero-order valence-corrected chi connectivity index (χ0v) is 13.1. The van der Waals surface area contributed by atoms with Gasteiger partial charge in [0.25, 0.3) is 5.91 Å². The van der Waals surface area contributed by atoms with Crippen LogP contribution >= 0.6 is 11.6 Å². The number of hydrogen-bond acceptors (Lipinski definition) is 2. The molecule has 0 aliphatic rings. The Morgan fingerprint density at radius 3 is 2.43 bits per heavy atom. The lowest BCUT2D eigenvalue weighted by molar-refractivity contribution is -0.122. The molecule has 0 unspecified atom stereocenters. The van der Waals surface area contributed by atoms with Gasteiger partial charge in [0, 0.05) is 10.7 Å². The van der Waals surface area contributed by atoms with Gasteiger partial charge in [0.2, 0.25) is 0 Å². The zero-order chi connectivity index (χ0) is 15.4. The number of anilines is 1. The molecule has 21 heavy (non-hydrogen) atoms. The molecule has 0 aromatic heterocycles. The number of nitrogens with one attached hydrogen (secondary N) is 1. The van der Waals surface area contributed by atoms with Crippen molar-refractivity contribution in [3.05, 3.63) is 58.6 Å². The van der Waals surface area contributed by atoms with Gasteiger partial charge >= 0.3 is 0 Å². The number of amides is 1. The third kappa shape index (κ3) is 4.50. The number of hydrogen-bond donors (Lipinski definition) is 1. The summed E-state index contributed by atoms with van der Waals surface area (Å²) in [6.45, 7) is 5.70. The lowest BCUT2D eigenvalue weighted by Gasteiger charge is -2.15. The number of benzene rings is 2. The third-order valence-corrected chi connectivity index (χ3v) is 3.20. The number of rotatable bonds is 4. The summed E-state index contributed by atoms with van der Waals surface area (Å²) in [6, 6.07) is 12.9. The van der Waals surface area contributed by atoms with Crippen LogP contribution < -0.4 is 10.1 Å². The van der Waals surface area contributed by atoms with Crippen LogP contribution in [0.2, 0.25) is 5.02 Å². The second-order valence-electron chi connectivity index (χ2n) is 5.08. The number of carbonyl (C=O) groups is 1. The smallest absolute Gasteiger partial charge is 0.265 e. The van der Waals surface area contributed by atoms with Crippen molar-refractivity contribution >= 4 is 23.2 Å². The van der Waals surface area contributed by atoms with Crippen LogP contribution in [0.15, 0.2) is 42.5 Å². The molecule has 0 radical (unpaired) electrons. The van der Waals surface area contributed by atoms with Gasteiger partial charge in [-0.3, -0.25) is 4.79 Å². The first-order valence-electron chi connectivity index (χ1n) is 6.75. The molecule has 0 spiro atoms. The Bertz CT molecular complexity index is 635. The number of carbonyl (C=O) groups excluding carboxylic acids is 1. The highest BCUT2D eigenvalue weighted by Gasteiger charge is 2.15. The Morgan fingerprint density at radius 1 is 1.14 bits per heavy atom. The maximum atomic E-state index is 12.2. The quantitative estimate of drug-likeness (QED) is 0.911. The minimum absolute atomic E-state index is 0.194. The normalized spacial score (nSPS) is 11.8. The average Bonchev–Trinajstić information content (AvgIpc) is 2.37. The van der Waals surface area contributed by atoms with Crippen molar-refractivity contribution in [3.63, 3.8) is 0 Å². The molecule has 4 heteroatoms. The Hall–Kier alpha value is -2.00. The minimum atomic E-state index is -0.607. The second-order valence-corrected chi connectivity index (χ2v) is 5.52. The molecule has 1 N–H and O–H groups in total. The van der Waals surface area contributed by atoms with Crippen LogP contribution in [0, 0.1) is 13.8 Å². The highest BCUT2D eigenvalue weighted by Crippen LogP contribution is 2.19. The maximum absolute atomic E-state index is 12.2. The second kappa shape index (κ2) is 6.64. The number of ether oxygens (including phenoxy) is 1. The molecule has 1 amide bonds.